The zero-order valence-corrected chi connectivity index (χ0v) is 18.2. The van der Waals surface area contributed by atoms with Gasteiger partial charge in [-0.25, -0.2) is 14.2 Å². The lowest BCUT2D eigenvalue weighted by Crippen LogP contribution is -2.42. The third kappa shape index (κ3) is 4.28. The van der Waals surface area contributed by atoms with E-state index in [0.29, 0.717) is 12.0 Å². The van der Waals surface area contributed by atoms with E-state index in [1.165, 1.54) is 19.2 Å². The summed E-state index contributed by atoms with van der Waals surface area (Å²) in [6, 6.07) is 8.66. The molecule has 7 nitrogen and oxygen atoms in total. The van der Waals surface area contributed by atoms with Crippen molar-refractivity contribution in [3.05, 3.63) is 76.1 Å². The molecule has 2 aliphatic rings. The van der Waals surface area contributed by atoms with Gasteiger partial charge in [0.15, 0.2) is 17.9 Å². The van der Waals surface area contributed by atoms with Crippen molar-refractivity contribution in [1.29, 1.82) is 0 Å². The van der Waals surface area contributed by atoms with Crippen LogP contribution in [-0.4, -0.2) is 30.4 Å². The van der Waals surface area contributed by atoms with Gasteiger partial charge in [0.25, 0.3) is 5.91 Å². The monoisotopic (exact) mass is 456 g/mol. The molecule has 33 heavy (non-hydrogen) atoms. The molecular weight excluding hydrogens is 430 g/mol. The van der Waals surface area contributed by atoms with Crippen LogP contribution in [0.1, 0.15) is 53.2 Å². The van der Waals surface area contributed by atoms with Crippen LogP contribution in [-0.2, 0) is 11.3 Å². The number of ether oxygens (including phenoxy) is 1. The second-order valence-corrected chi connectivity index (χ2v) is 8.15. The van der Waals surface area contributed by atoms with Crippen LogP contribution >= 0.6 is 0 Å². The molecule has 0 radical (unpaired) electrons. The number of nitrogens with one attached hydrogen (secondary N) is 2. The van der Waals surface area contributed by atoms with E-state index in [4.69, 9.17) is 10.5 Å². The fourth-order valence-electron chi connectivity index (χ4n) is 4.46. The maximum absolute atomic E-state index is 15.1. The average Bonchev–Trinajstić information content (AvgIpc) is 3.47. The van der Waals surface area contributed by atoms with Crippen LogP contribution in [0.4, 0.5) is 8.78 Å². The van der Waals surface area contributed by atoms with Crippen LogP contribution in [0.3, 0.4) is 0 Å². The second kappa shape index (κ2) is 9.58. The number of carbonyl (C=O) groups excluding carboxylic acids is 2. The normalized spacial score (nSPS) is 18.6. The summed E-state index contributed by atoms with van der Waals surface area (Å²) in [5.74, 6) is -2.02. The molecule has 0 spiro atoms. The minimum Gasteiger partial charge on any atom is -0.496 e. The van der Waals surface area contributed by atoms with E-state index in [0.717, 1.165) is 25.7 Å². The summed E-state index contributed by atoms with van der Waals surface area (Å²) in [5.41, 5.74) is 9.67. The van der Waals surface area contributed by atoms with E-state index in [1.807, 2.05) is 0 Å². The van der Waals surface area contributed by atoms with E-state index < -0.39 is 23.6 Å². The van der Waals surface area contributed by atoms with Crippen LogP contribution in [0.2, 0.25) is 0 Å². The summed E-state index contributed by atoms with van der Waals surface area (Å²) >= 11 is 0. The predicted molar refractivity (Wildman–Crippen MR) is 118 cm³/mol. The Hall–Kier alpha value is -3.46. The van der Waals surface area contributed by atoms with Crippen molar-refractivity contribution in [1.82, 2.24) is 15.8 Å². The Morgan fingerprint density at radius 1 is 1.21 bits per heavy atom. The fourth-order valence-corrected chi connectivity index (χ4v) is 4.46. The number of methoxy groups -OCH3 is 1. The lowest BCUT2D eigenvalue weighted by atomic mass is 9.98. The number of hydrazine groups is 1. The van der Waals surface area contributed by atoms with E-state index >= 15 is 4.39 Å². The molecule has 174 valence electrons. The Labute approximate surface area is 190 Å². The van der Waals surface area contributed by atoms with Crippen molar-refractivity contribution in [3.8, 4) is 5.75 Å². The molecule has 1 fully saturated rings. The number of rotatable bonds is 7. The molecule has 9 heteroatoms. The topological polar surface area (TPSA) is 96.7 Å². The Morgan fingerprint density at radius 3 is 2.64 bits per heavy atom. The van der Waals surface area contributed by atoms with Gasteiger partial charge in [-0.3, -0.25) is 14.6 Å². The van der Waals surface area contributed by atoms with Crippen LogP contribution in [0.15, 0.2) is 47.8 Å². The summed E-state index contributed by atoms with van der Waals surface area (Å²) in [6.45, 7) is -0.218. The van der Waals surface area contributed by atoms with E-state index in [2.05, 4.69) is 10.7 Å². The van der Waals surface area contributed by atoms with Gasteiger partial charge in [-0.1, -0.05) is 37.1 Å². The average molecular weight is 456 g/mol. The first-order valence-electron chi connectivity index (χ1n) is 10.8. The van der Waals surface area contributed by atoms with Gasteiger partial charge in [0.2, 0.25) is 0 Å². The Kier molecular flexibility index (Phi) is 6.60. The molecule has 2 aromatic carbocycles. The lowest BCUT2D eigenvalue weighted by molar-refractivity contribution is -0.105. The highest BCUT2D eigenvalue weighted by Crippen LogP contribution is 2.35. The zero-order chi connectivity index (χ0) is 23.5. The van der Waals surface area contributed by atoms with Gasteiger partial charge in [0.05, 0.1) is 24.3 Å². The summed E-state index contributed by atoms with van der Waals surface area (Å²) in [4.78, 5) is 24.2. The highest BCUT2D eigenvalue weighted by Gasteiger charge is 2.37. The first-order valence-corrected chi connectivity index (χ1v) is 10.8. The molecule has 2 aromatic rings. The number of carbonyl (C=O) groups is 2. The molecule has 1 amide bonds. The number of benzene rings is 2. The largest absolute Gasteiger partial charge is 0.496 e. The van der Waals surface area contributed by atoms with Crippen molar-refractivity contribution >= 4 is 12.2 Å². The molecule has 0 bridgehead atoms. The minimum absolute atomic E-state index is 0.0159. The van der Waals surface area contributed by atoms with Crippen LogP contribution in [0.25, 0.3) is 0 Å². The van der Waals surface area contributed by atoms with Gasteiger partial charge in [0, 0.05) is 23.7 Å². The summed E-state index contributed by atoms with van der Waals surface area (Å²) in [7, 11) is 1.44. The molecule has 1 atom stereocenters. The molecule has 1 heterocycles. The summed E-state index contributed by atoms with van der Waals surface area (Å²) in [5, 5.41) is 4.29. The number of amides is 1. The fraction of sp³-hybridized carbons (Fsp3) is 0.333. The van der Waals surface area contributed by atoms with Crippen LogP contribution < -0.4 is 21.2 Å². The number of hydrogen-bond donors (Lipinski definition) is 3. The molecule has 0 aromatic heterocycles. The minimum atomic E-state index is -1.09. The van der Waals surface area contributed by atoms with Crippen molar-refractivity contribution in [2.24, 2.45) is 5.73 Å². The molecule has 1 aliphatic carbocycles. The molecule has 1 unspecified atom stereocenters. The predicted octanol–water partition coefficient (Wildman–Crippen LogP) is 3.08. The molecule has 1 aliphatic heterocycles. The number of nitrogens with two attached hydrogens (primary N) is 1. The van der Waals surface area contributed by atoms with Gasteiger partial charge < -0.3 is 15.8 Å². The molecular formula is C24H26F2N4O3. The SMILES string of the molecule is COc1ccccc1C(=O)NCc1ccc(C2NN(C3CCCC3)C(N)=C2C=O)c(F)c1F. The first kappa shape index (κ1) is 22.7. The molecule has 4 N–H and O–H groups in total. The van der Waals surface area contributed by atoms with Crippen LogP contribution in [0, 0.1) is 11.6 Å². The third-order valence-electron chi connectivity index (χ3n) is 6.25. The smallest absolute Gasteiger partial charge is 0.255 e. The third-order valence-corrected chi connectivity index (χ3v) is 6.25. The molecule has 0 saturated heterocycles. The standard InChI is InChI=1S/C24H26F2N4O3/c1-33-19-9-5-4-8-16(19)24(32)28-12-14-10-11-17(21(26)20(14)25)22-18(13-31)23(27)30(29-22)15-6-2-3-7-15/h4-5,8-11,13,15,22,29H,2-3,6-7,12,27H2,1H3,(H,28,32). The number of aldehydes is 1. The van der Waals surface area contributed by atoms with E-state index in [9.17, 15) is 14.0 Å². The van der Waals surface area contributed by atoms with Gasteiger partial charge in [-0.15, -0.1) is 0 Å². The highest BCUT2D eigenvalue weighted by atomic mass is 19.2. The lowest BCUT2D eigenvalue weighted by Gasteiger charge is -2.28. The summed E-state index contributed by atoms with van der Waals surface area (Å²) < 4.78 is 35.1. The number of para-hydroxylation sites is 1. The van der Waals surface area contributed by atoms with Crippen molar-refractivity contribution in [2.75, 3.05) is 7.11 Å². The second-order valence-electron chi connectivity index (χ2n) is 8.15. The van der Waals surface area contributed by atoms with Crippen molar-refractivity contribution < 1.29 is 23.1 Å². The van der Waals surface area contributed by atoms with Crippen LogP contribution in [0.5, 0.6) is 5.75 Å². The number of halogens is 2. The van der Waals surface area contributed by atoms with Gasteiger partial charge in [0.1, 0.15) is 11.6 Å². The van der Waals surface area contributed by atoms with Gasteiger partial charge >= 0.3 is 0 Å². The Bertz CT molecular complexity index is 1100. The van der Waals surface area contributed by atoms with Crippen molar-refractivity contribution in [2.45, 2.75) is 44.3 Å². The maximum Gasteiger partial charge on any atom is 0.255 e. The molecule has 1 saturated carbocycles. The highest BCUT2D eigenvalue weighted by molar-refractivity contribution is 5.96. The van der Waals surface area contributed by atoms with E-state index in [-0.39, 0.29) is 40.7 Å². The quantitative estimate of drug-likeness (QED) is 0.554. The Morgan fingerprint density at radius 2 is 1.94 bits per heavy atom. The zero-order valence-electron chi connectivity index (χ0n) is 18.2. The van der Waals surface area contributed by atoms with E-state index in [1.54, 1.807) is 29.3 Å². The number of hydrogen-bond acceptors (Lipinski definition) is 6. The summed E-state index contributed by atoms with van der Waals surface area (Å²) in [6.07, 6.45) is 4.51. The maximum atomic E-state index is 15.1. The number of nitrogens with zero attached hydrogens (tertiary/aromatic N) is 1. The van der Waals surface area contributed by atoms with Gasteiger partial charge in [-0.2, -0.15) is 0 Å². The first-order chi connectivity index (χ1) is 16.0. The molecule has 4 rings (SSSR count). The Balaban J connectivity index is 1.53. The van der Waals surface area contributed by atoms with Gasteiger partial charge in [-0.05, 0) is 25.0 Å². The van der Waals surface area contributed by atoms with Crippen molar-refractivity contribution in [3.63, 3.8) is 0 Å².